The van der Waals surface area contributed by atoms with E-state index in [1.165, 1.54) is 6.33 Å². The Morgan fingerprint density at radius 2 is 2.08 bits per heavy atom. The Morgan fingerprint density at radius 1 is 1.29 bits per heavy atom. The smallest absolute Gasteiger partial charge is 0.274 e. The number of carbonyl (C=O) groups excluding carboxylic acids is 1. The van der Waals surface area contributed by atoms with Crippen molar-refractivity contribution >= 4 is 17.4 Å². The summed E-state index contributed by atoms with van der Waals surface area (Å²) in [4.78, 5) is 22.9. The van der Waals surface area contributed by atoms with Gasteiger partial charge in [-0.3, -0.25) is 4.79 Å². The van der Waals surface area contributed by atoms with E-state index in [0.29, 0.717) is 37.0 Å². The van der Waals surface area contributed by atoms with E-state index in [9.17, 15) is 4.79 Å². The van der Waals surface area contributed by atoms with E-state index in [1.807, 2.05) is 25.1 Å². The van der Waals surface area contributed by atoms with E-state index in [2.05, 4.69) is 20.2 Å². The van der Waals surface area contributed by atoms with Gasteiger partial charge in [0.1, 0.15) is 23.6 Å². The first kappa shape index (κ1) is 16.2. The molecule has 7 nitrogen and oxygen atoms in total. The molecule has 0 spiro atoms. The fourth-order valence-corrected chi connectivity index (χ4v) is 2.47. The van der Waals surface area contributed by atoms with E-state index in [1.54, 1.807) is 12.1 Å². The Kier molecular flexibility index (Phi) is 5.22. The number of hydrogen-bond donors (Lipinski definition) is 1. The van der Waals surface area contributed by atoms with Crippen LogP contribution < -0.4 is 15.0 Å². The number of amides is 1. The lowest BCUT2D eigenvalue weighted by Gasteiger charge is -2.27. The molecule has 0 atom stereocenters. The number of nitrogens with one attached hydrogen (secondary N) is 1. The SMILES string of the molecule is CCOc1ccccc1NC(=O)c1cc(N2CCOCC2)ncn1. The van der Waals surface area contributed by atoms with Gasteiger partial charge in [0.25, 0.3) is 5.91 Å². The highest BCUT2D eigenvalue weighted by atomic mass is 16.5. The van der Waals surface area contributed by atoms with Crippen LogP contribution in [0.4, 0.5) is 11.5 Å². The average molecular weight is 328 g/mol. The van der Waals surface area contributed by atoms with Crippen molar-refractivity contribution in [2.45, 2.75) is 6.92 Å². The second-order valence-electron chi connectivity index (χ2n) is 5.24. The van der Waals surface area contributed by atoms with Gasteiger partial charge >= 0.3 is 0 Å². The number of ether oxygens (including phenoxy) is 2. The molecule has 24 heavy (non-hydrogen) atoms. The van der Waals surface area contributed by atoms with Gasteiger partial charge < -0.3 is 19.7 Å². The minimum Gasteiger partial charge on any atom is -0.492 e. The molecule has 1 amide bonds. The number of hydrogen-bond acceptors (Lipinski definition) is 6. The Bertz CT molecular complexity index is 702. The van der Waals surface area contributed by atoms with E-state index < -0.39 is 0 Å². The summed E-state index contributed by atoms with van der Waals surface area (Å²) in [5.74, 6) is 1.08. The molecule has 0 unspecified atom stereocenters. The minimum absolute atomic E-state index is 0.293. The maximum atomic E-state index is 12.5. The van der Waals surface area contributed by atoms with Gasteiger partial charge in [-0.15, -0.1) is 0 Å². The number of nitrogens with zero attached hydrogens (tertiary/aromatic N) is 3. The van der Waals surface area contributed by atoms with Crippen molar-refractivity contribution in [2.75, 3.05) is 43.1 Å². The number of para-hydroxylation sites is 2. The fraction of sp³-hybridized carbons (Fsp3) is 0.353. The lowest BCUT2D eigenvalue weighted by Crippen LogP contribution is -2.37. The van der Waals surface area contributed by atoms with Gasteiger partial charge in [0, 0.05) is 19.2 Å². The molecule has 7 heteroatoms. The average Bonchev–Trinajstić information content (AvgIpc) is 2.64. The van der Waals surface area contributed by atoms with E-state index >= 15 is 0 Å². The normalized spacial score (nSPS) is 14.3. The lowest BCUT2D eigenvalue weighted by atomic mass is 10.2. The van der Waals surface area contributed by atoms with Crippen molar-refractivity contribution in [1.82, 2.24) is 9.97 Å². The zero-order chi connectivity index (χ0) is 16.8. The zero-order valence-electron chi connectivity index (χ0n) is 13.6. The van der Waals surface area contributed by atoms with Crippen molar-refractivity contribution in [3.63, 3.8) is 0 Å². The molecule has 1 fully saturated rings. The molecule has 1 aromatic heterocycles. The summed E-state index contributed by atoms with van der Waals surface area (Å²) in [6, 6.07) is 9.02. The fourth-order valence-electron chi connectivity index (χ4n) is 2.47. The monoisotopic (exact) mass is 328 g/mol. The molecular formula is C17H20N4O3. The molecule has 3 rings (SSSR count). The van der Waals surface area contributed by atoms with Crippen LogP contribution in [-0.4, -0.2) is 48.8 Å². The van der Waals surface area contributed by atoms with Crippen LogP contribution in [0.1, 0.15) is 17.4 Å². The highest BCUT2D eigenvalue weighted by molar-refractivity contribution is 6.04. The van der Waals surface area contributed by atoms with Gasteiger partial charge in [0.05, 0.1) is 25.5 Å². The van der Waals surface area contributed by atoms with Gasteiger partial charge in [-0.05, 0) is 19.1 Å². The summed E-state index contributed by atoms with van der Waals surface area (Å²) >= 11 is 0. The number of rotatable bonds is 5. The number of aromatic nitrogens is 2. The summed E-state index contributed by atoms with van der Waals surface area (Å²) in [5.41, 5.74) is 0.939. The van der Waals surface area contributed by atoms with Gasteiger partial charge in [-0.25, -0.2) is 9.97 Å². The first-order valence-electron chi connectivity index (χ1n) is 7.96. The summed E-state index contributed by atoms with van der Waals surface area (Å²) in [6.07, 6.45) is 1.41. The largest absolute Gasteiger partial charge is 0.492 e. The maximum Gasteiger partial charge on any atom is 0.274 e. The van der Waals surface area contributed by atoms with Crippen LogP contribution in [0.2, 0.25) is 0 Å². The highest BCUT2D eigenvalue weighted by Crippen LogP contribution is 2.24. The van der Waals surface area contributed by atoms with Crippen molar-refractivity contribution < 1.29 is 14.3 Å². The second-order valence-corrected chi connectivity index (χ2v) is 5.24. The van der Waals surface area contributed by atoms with Crippen molar-refractivity contribution in [2.24, 2.45) is 0 Å². The van der Waals surface area contributed by atoms with Crippen molar-refractivity contribution in [3.8, 4) is 5.75 Å². The molecule has 1 aromatic carbocycles. The van der Waals surface area contributed by atoms with Crippen LogP contribution in [-0.2, 0) is 4.74 Å². The summed E-state index contributed by atoms with van der Waals surface area (Å²) < 4.78 is 10.9. The van der Waals surface area contributed by atoms with Crippen LogP contribution >= 0.6 is 0 Å². The molecule has 1 saturated heterocycles. The molecule has 126 valence electrons. The Balaban J connectivity index is 1.75. The molecule has 0 saturated carbocycles. The molecule has 1 N–H and O–H groups in total. The molecule has 2 heterocycles. The zero-order valence-corrected chi connectivity index (χ0v) is 13.6. The van der Waals surface area contributed by atoms with E-state index in [0.717, 1.165) is 18.9 Å². The third-order valence-corrected chi connectivity index (χ3v) is 3.66. The van der Waals surface area contributed by atoms with Crippen LogP contribution in [0, 0.1) is 0 Å². The number of carbonyl (C=O) groups is 1. The second kappa shape index (κ2) is 7.74. The molecule has 2 aromatic rings. The predicted octanol–water partition coefficient (Wildman–Crippen LogP) is 1.96. The Hall–Kier alpha value is -2.67. The maximum absolute atomic E-state index is 12.5. The summed E-state index contributed by atoms with van der Waals surface area (Å²) in [5, 5.41) is 2.84. The highest BCUT2D eigenvalue weighted by Gasteiger charge is 2.16. The topological polar surface area (TPSA) is 76.6 Å². The van der Waals surface area contributed by atoms with Crippen molar-refractivity contribution in [1.29, 1.82) is 0 Å². The number of morpholine rings is 1. The Labute approximate surface area is 140 Å². The molecule has 0 radical (unpaired) electrons. The third kappa shape index (κ3) is 3.80. The molecule has 1 aliphatic heterocycles. The van der Waals surface area contributed by atoms with E-state index in [4.69, 9.17) is 9.47 Å². The number of benzene rings is 1. The number of anilines is 2. The molecular weight excluding hydrogens is 308 g/mol. The van der Waals surface area contributed by atoms with Crippen LogP contribution in [0.5, 0.6) is 5.75 Å². The first-order valence-corrected chi connectivity index (χ1v) is 7.96. The molecule has 0 aliphatic carbocycles. The third-order valence-electron chi connectivity index (χ3n) is 3.66. The predicted molar refractivity (Wildman–Crippen MR) is 90.6 cm³/mol. The summed E-state index contributed by atoms with van der Waals surface area (Å²) in [7, 11) is 0. The van der Waals surface area contributed by atoms with Crippen LogP contribution in [0.15, 0.2) is 36.7 Å². The molecule has 1 aliphatic rings. The quantitative estimate of drug-likeness (QED) is 0.904. The van der Waals surface area contributed by atoms with Crippen LogP contribution in [0.3, 0.4) is 0 Å². The van der Waals surface area contributed by atoms with Gasteiger partial charge in [-0.2, -0.15) is 0 Å². The minimum atomic E-state index is -0.293. The van der Waals surface area contributed by atoms with Crippen molar-refractivity contribution in [3.05, 3.63) is 42.4 Å². The molecule has 0 bridgehead atoms. The van der Waals surface area contributed by atoms with Gasteiger partial charge in [0.2, 0.25) is 0 Å². The van der Waals surface area contributed by atoms with Gasteiger partial charge in [0.15, 0.2) is 0 Å². The first-order chi connectivity index (χ1) is 11.8. The standard InChI is InChI=1S/C17H20N4O3/c1-2-24-15-6-4-3-5-13(15)20-17(22)14-11-16(19-12-18-14)21-7-9-23-10-8-21/h3-6,11-12H,2,7-10H2,1H3,(H,20,22). The van der Waals surface area contributed by atoms with E-state index in [-0.39, 0.29) is 5.91 Å². The Morgan fingerprint density at radius 3 is 2.88 bits per heavy atom. The summed E-state index contributed by atoms with van der Waals surface area (Å²) in [6.45, 7) is 5.26. The van der Waals surface area contributed by atoms with Crippen LogP contribution in [0.25, 0.3) is 0 Å². The van der Waals surface area contributed by atoms with Gasteiger partial charge in [-0.1, -0.05) is 12.1 Å². The lowest BCUT2D eigenvalue weighted by molar-refractivity contribution is 0.102.